The summed E-state index contributed by atoms with van der Waals surface area (Å²) in [6.45, 7) is 6.33. The van der Waals surface area contributed by atoms with Gasteiger partial charge in [-0.2, -0.15) is 11.8 Å². The lowest BCUT2D eigenvalue weighted by Gasteiger charge is -2.22. The molecule has 25 heavy (non-hydrogen) atoms. The van der Waals surface area contributed by atoms with Gasteiger partial charge in [0, 0.05) is 6.04 Å². The minimum atomic E-state index is -0.558. The van der Waals surface area contributed by atoms with E-state index < -0.39 is 6.04 Å². The third-order valence-corrected chi connectivity index (χ3v) is 4.89. The van der Waals surface area contributed by atoms with Gasteiger partial charge in [-0.1, -0.05) is 37.6 Å². The standard InChI is InChI=1S/C19H29ClN2O2S/c1-13(2)9-10-14(3)21-19(24)17(11-12-25-4)22-18(23)15-7-5-6-8-16(15)20/h5-8,13-14,17H,9-12H2,1-4H3,(H,21,24)(H,22,23). The Labute approximate surface area is 160 Å². The largest absolute Gasteiger partial charge is 0.352 e. The van der Waals surface area contributed by atoms with Crippen molar-refractivity contribution in [2.75, 3.05) is 12.0 Å². The lowest BCUT2D eigenvalue weighted by Crippen LogP contribution is -2.49. The van der Waals surface area contributed by atoms with Gasteiger partial charge >= 0.3 is 0 Å². The summed E-state index contributed by atoms with van der Waals surface area (Å²) in [4.78, 5) is 25.0. The van der Waals surface area contributed by atoms with E-state index in [1.54, 1.807) is 36.0 Å². The first-order valence-corrected chi connectivity index (χ1v) is 10.5. The number of halogens is 1. The number of benzene rings is 1. The Morgan fingerprint density at radius 1 is 1.08 bits per heavy atom. The van der Waals surface area contributed by atoms with Crippen molar-refractivity contribution in [2.45, 2.75) is 52.1 Å². The summed E-state index contributed by atoms with van der Waals surface area (Å²) in [6.07, 6.45) is 4.55. The fourth-order valence-electron chi connectivity index (χ4n) is 2.38. The Kier molecular flexibility index (Phi) is 9.98. The molecule has 1 aromatic rings. The number of thioether (sulfide) groups is 1. The SMILES string of the molecule is CSCCC(NC(=O)c1ccccc1Cl)C(=O)NC(C)CCC(C)C. The van der Waals surface area contributed by atoms with Crippen LogP contribution in [0.25, 0.3) is 0 Å². The number of amides is 2. The first-order valence-electron chi connectivity index (χ1n) is 8.69. The maximum Gasteiger partial charge on any atom is 0.253 e. The molecule has 0 aliphatic carbocycles. The molecule has 1 aromatic carbocycles. The average molecular weight is 385 g/mol. The van der Waals surface area contributed by atoms with Crippen LogP contribution < -0.4 is 10.6 Å². The minimum absolute atomic E-state index is 0.0869. The Bertz CT molecular complexity index is 566. The van der Waals surface area contributed by atoms with Crippen LogP contribution >= 0.6 is 23.4 Å². The van der Waals surface area contributed by atoms with Gasteiger partial charge < -0.3 is 10.6 Å². The highest BCUT2D eigenvalue weighted by Crippen LogP contribution is 2.15. The molecule has 0 aliphatic rings. The molecule has 1 rings (SSSR count). The van der Waals surface area contributed by atoms with Crippen molar-refractivity contribution in [3.05, 3.63) is 34.9 Å². The zero-order valence-electron chi connectivity index (χ0n) is 15.5. The molecule has 4 nitrogen and oxygen atoms in total. The Morgan fingerprint density at radius 2 is 1.76 bits per heavy atom. The molecular formula is C19H29ClN2O2S. The van der Waals surface area contributed by atoms with Gasteiger partial charge in [-0.25, -0.2) is 0 Å². The second-order valence-electron chi connectivity index (χ2n) is 6.67. The van der Waals surface area contributed by atoms with Crippen LogP contribution in [-0.4, -0.2) is 35.9 Å². The summed E-state index contributed by atoms with van der Waals surface area (Å²) in [5, 5.41) is 6.23. The van der Waals surface area contributed by atoms with E-state index in [4.69, 9.17) is 11.6 Å². The van der Waals surface area contributed by atoms with Crippen molar-refractivity contribution in [3.8, 4) is 0 Å². The second-order valence-corrected chi connectivity index (χ2v) is 8.06. The number of hydrogen-bond acceptors (Lipinski definition) is 3. The molecule has 0 radical (unpaired) electrons. The molecule has 2 amide bonds. The summed E-state index contributed by atoms with van der Waals surface area (Å²) in [6, 6.07) is 6.38. The van der Waals surface area contributed by atoms with Crippen molar-refractivity contribution in [1.82, 2.24) is 10.6 Å². The zero-order chi connectivity index (χ0) is 18.8. The molecule has 6 heteroatoms. The average Bonchev–Trinajstić information content (AvgIpc) is 2.56. The first-order chi connectivity index (χ1) is 11.8. The van der Waals surface area contributed by atoms with Crippen LogP contribution in [0.2, 0.25) is 5.02 Å². The molecule has 0 aromatic heterocycles. The quantitative estimate of drug-likeness (QED) is 0.637. The summed E-state index contributed by atoms with van der Waals surface area (Å²) in [5.74, 6) is 0.945. The summed E-state index contributed by atoms with van der Waals surface area (Å²) in [5.41, 5.74) is 0.388. The maximum absolute atomic E-state index is 12.6. The summed E-state index contributed by atoms with van der Waals surface area (Å²) < 4.78 is 0. The fourth-order valence-corrected chi connectivity index (χ4v) is 3.08. The maximum atomic E-state index is 12.6. The van der Waals surface area contributed by atoms with E-state index in [0.717, 1.165) is 18.6 Å². The number of hydrogen-bond donors (Lipinski definition) is 2. The van der Waals surface area contributed by atoms with Crippen LogP contribution in [0, 0.1) is 5.92 Å². The zero-order valence-corrected chi connectivity index (χ0v) is 17.0. The molecule has 0 saturated carbocycles. The number of carbonyl (C=O) groups excluding carboxylic acids is 2. The molecule has 0 heterocycles. The van der Waals surface area contributed by atoms with E-state index in [1.165, 1.54) is 0 Å². The molecule has 2 unspecified atom stereocenters. The predicted molar refractivity (Wildman–Crippen MR) is 107 cm³/mol. The van der Waals surface area contributed by atoms with Crippen molar-refractivity contribution >= 4 is 35.2 Å². The van der Waals surface area contributed by atoms with Gasteiger partial charge in [0.1, 0.15) is 6.04 Å². The summed E-state index contributed by atoms with van der Waals surface area (Å²) in [7, 11) is 0. The molecular weight excluding hydrogens is 356 g/mol. The van der Waals surface area contributed by atoms with Crippen LogP contribution in [0.15, 0.2) is 24.3 Å². The third kappa shape index (κ3) is 8.15. The molecule has 140 valence electrons. The number of carbonyl (C=O) groups is 2. The van der Waals surface area contributed by atoms with Crippen LogP contribution in [0.3, 0.4) is 0 Å². The Hall–Kier alpha value is -1.20. The van der Waals surface area contributed by atoms with Gasteiger partial charge in [0.2, 0.25) is 5.91 Å². The van der Waals surface area contributed by atoms with E-state index in [-0.39, 0.29) is 17.9 Å². The van der Waals surface area contributed by atoms with E-state index in [2.05, 4.69) is 24.5 Å². The Morgan fingerprint density at radius 3 is 2.36 bits per heavy atom. The molecule has 0 fully saturated rings. The lowest BCUT2D eigenvalue weighted by atomic mass is 10.0. The highest BCUT2D eigenvalue weighted by atomic mass is 35.5. The van der Waals surface area contributed by atoms with Gasteiger partial charge in [-0.05, 0) is 56.2 Å². The topological polar surface area (TPSA) is 58.2 Å². The van der Waals surface area contributed by atoms with Gasteiger partial charge in [0.15, 0.2) is 0 Å². The molecule has 0 saturated heterocycles. The Balaban J connectivity index is 2.70. The smallest absolute Gasteiger partial charge is 0.253 e. The molecule has 2 atom stereocenters. The number of rotatable bonds is 10. The third-order valence-electron chi connectivity index (χ3n) is 3.92. The molecule has 2 N–H and O–H groups in total. The van der Waals surface area contributed by atoms with Gasteiger partial charge in [0.05, 0.1) is 10.6 Å². The van der Waals surface area contributed by atoms with Gasteiger partial charge in [-0.3, -0.25) is 9.59 Å². The monoisotopic (exact) mass is 384 g/mol. The van der Waals surface area contributed by atoms with Crippen molar-refractivity contribution in [3.63, 3.8) is 0 Å². The van der Waals surface area contributed by atoms with E-state index >= 15 is 0 Å². The van der Waals surface area contributed by atoms with E-state index in [1.807, 2.05) is 13.2 Å². The molecule has 0 aliphatic heterocycles. The van der Waals surface area contributed by atoms with Gasteiger partial charge in [0.25, 0.3) is 5.91 Å². The van der Waals surface area contributed by atoms with E-state index in [9.17, 15) is 9.59 Å². The van der Waals surface area contributed by atoms with Crippen molar-refractivity contribution in [1.29, 1.82) is 0 Å². The van der Waals surface area contributed by atoms with Crippen molar-refractivity contribution < 1.29 is 9.59 Å². The molecule has 0 spiro atoms. The van der Waals surface area contributed by atoms with Crippen LogP contribution in [0.5, 0.6) is 0 Å². The van der Waals surface area contributed by atoms with Crippen LogP contribution in [0.4, 0.5) is 0 Å². The first kappa shape index (κ1) is 21.8. The van der Waals surface area contributed by atoms with Crippen LogP contribution in [0.1, 0.15) is 50.4 Å². The molecule has 0 bridgehead atoms. The van der Waals surface area contributed by atoms with Gasteiger partial charge in [-0.15, -0.1) is 0 Å². The summed E-state index contributed by atoms with van der Waals surface area (Å²) >= 11 is 7.73. The van der Waals surface area contributed by atoms with Crippen LogP contribution in [-0.2, 0) is 4.79 Å². The predicted octanol–water partition coefficient (Wildman–Crippen LogP) is 4.13. The highest BCUT2D eigenvalue weighted by Gasteiger charge is 2.23. The van der Waals surface area contributed by atoms with Crippen molar-refractivity contribution in [2.24, 2.45) is 5.92 Å². The minimum Gasteiger partial charge on any atom is -0.352 e. The van der Waals surface area contributed by atoms with E-state index in [0.29, 0.717) is 22.9 Å². The second kappa shape index (κ2) is 11.4. The normalized spacial score (nSPS) is 13.4. The highest BCUT2D eigenvalue weighted by molar-refractivity contribution is 7.98. The lowest BCUT2D eigenvalue weighted by molar-refractivity contribution is -0.123. The fraction of sp³-hybridized carbons (Fsp3) is 0.579. The number of nitrogens with one attached hydrogen (secondary N) is 2.